The second kappa shape index (κ2) is 8.44. The number of hydrogen-bond acceptors (Lipinski definition) is 3. The van der Waals surface area contributed by atoms with Crippen molar-refractivity contribution in [1.82, 2.24) is 5.32 Å². The van der Waals surface area contributed by atoms with Gasteiger partial charge in [0.15, 0.2) is 0 Å². The van der Waals surface area contributed by atoms with Crippen molar-refractivity contribution in [3.05, 3.63) is 77.9 Å². The molecule has 4 rings (SSSR count). The quantitative estimate of drug-likeness (QED) is 0.667. The van der Waals surface area contributed by atoms with Crippen LogP contribution in [0.1, 0.15) is 41.7 Å². The van der Waals surface area contributed by atoms with Crippen LogP contribution in [-0.2, 0) is 4.74 Å². The fourth-order valence-electron chi connectivity index (χ4n) is 3.51. The maximum absolute atomic E-state index is 12.6. The largest absolute Gasteiger partial charge is 0.491 e. The van der Waals surface area contributed by atoms with Gasteiger partial charge >= 0.3 is 0 Å². The molecule has 1 amide bonds. The Morgan fingerprint density at radius 3 is 2.64 bits per heavy atom. The summed E-state index contributed by atoms with van der Waals surface area (Å²) in [5.41, 5.74) is 1.71. The third-order valence-electron chi connectivity index (χ3n) is 5.20. The minimum atomic E-state index is -0.0914. The van der Waals surface area contributed by atoms with Gasteiger partial charge in [0.1, 0.15) is 12.4 Å². The Labute approximate surface area is 165 Å². The van der Waals surface area contributed by atoms with Crippen LogP contribution in [0.5, 0.6) is 5.75 Å². The third-order valence-corrected chi connectivity index (χ3v) is 5.20. The van der Waals surface area contributed by atoms with Crippen LogP contribution in [0.2, 0.25) is 0 Å². The molecule has 2 atom stereocenters. The third kappa shape index (κ3) is 4.34. The number of ether oxygens (including phenoxy) is 2. The Morgan fingerprint density at radius 2 is 1.89 bits per heavy atom. The molecule has 0 bridgehead atoms. The average Bonchev–Trinajstić information content (AvgIpc) is 3.26. The summed E-state index contributed by atoms with van der Waals surface area (Å²) < 4.78 is 11.3. The lowest BCUT2D eigenvalue weighted by Crippen LogP contribution is -2.26. The molecule has 144 valence electrons. The van der Waals surface area contributed by atoms with Crippen LogP contribution in [0, 0.1) is 0 Å². The molecule has 0 spiro atoms. The second-order valence-corrected chi connectivity index (χ2v) is 7.27. The maximum Gasteiger partial charge on any atom is 0.251 e. The van der Waals surface area contributed by atoms with Crippen molar-refractivity contribution in [1.29, 1.82) is 0 Å². The Morgan fingerprint density at radius 1 is 1.11 bits per heavy atom. The smallest absolute Gasteiger partial charge is 0.251 e. The zero-order chi connectivity index (χ0) is 19.3. The highest BCUT2D eigenvalue weighted by Crippen LogP contribution is 2.21. The van der Waals surface area contributed by atoms with E-state index in [-0.39, 0.29) is 18.1 Å². The van der Waals surface area contributed by atoms with Crippen LogP contribution in [0.3, 0.4) is 0 Å². The second-order valence-electron chi connectivity index (χ2n) is 7.27. The van der Waals surface area contributed by atoms with Gasteiger partial charge < -0.3 is 14.8 Å². The lowest BCUT2D eigenvalue weighted by molar-refractivity contribution is 0.0679. The molecule has 1 saturated heterocycles. The van der Waals surface area contributed by atoms with E-state index in [1.807, 2.05) is 31.2 Å². The molecule has 1 fully saturated rings. The lowest BCUT2D eigenvalue weighted by Gasteiger charge is -2.16. The molecule has 3 aromatic carbocycles. The van der Waals surface area contributed by atoms with Gasteiger partial charge in [-0.15, -0.1) is 0 Å². The predicted octanol–water partition coefficient (Wildman–Crippen LogP) is 4.89. The summed E-state index contributed by atoms with van der Waals surface area (Å²) in [6.45, 7) is 3.38. The minimum Gasteiger partial charge on any atom is -0.491 e. The van der Waals surface area contributed by atoms with Gasteiger partial charge in [-0.05, 0) is 66.4 Å². The van der Waals surface area contributed by atoms with Crippen LogP contribution in [-0.4, -0.2) is 25.2 Å². The first kappa shape index (κ1) is 18.5. The first-order valence-electron chi connectivity index (χ1n) is 9.83. The van der Waals surface area contributed by atoms with Crippen molar-refractivity contribution in [3.63, 3.8) is 0 Å². The van der Waals surface area contributed by atoms with Crippen molar-refractivity contribution < 1.29 is 14.3 Å². The zero-order valence-electron chi connectivity index (χ0n) is 16.1. The molecule has 0 radical (unpaired) electrons. The van der Waals surface area contributed by atoms with Crippen LogP contribution in [0.4, 0.5) is 0 Å². The van der Waals surface area contributed by atoms with Gasteiger partial charge in [0.2, 0.25) is 0 Å². The summed E-state index contributed by atoms with van der Waals surface area (Å²) in [6.07, 6.45) is 2.33. The van der Waals surface area contributed by atoms with Crippen molar-refractivity contribution in [2.45, 2.75) is 31.9 Å². The van der Waals surface area contributed by atoms with Gasteiger partial charge in [-0.25, -0.2) is 0 Å². The minimum absolute atomic E-state index is 0.0763. The number of carbonyl (C=O) groups excluding carboxylic acids is 1. The fraction of sp³-hybridized carbons (Fsp3) is 0.292. The normalized spacial score (nSPS) is 17.4. The van der Waals surface area contributed by atoms with Gasteiger partial charge in [0, 0.05) is 12.2 Å². The highest BCUT2D eigenvalue weighted by atomic mass is 16.5. The summed E-state index contributed by atoms with van der Waals surface area (Å²) in [5, 5.41) is 5.45. The van der Waals surface area contributed by atoms with Crippen LogP contribution >= 0.6 is 0 Å². The van der Waals surface area contributed by atoms with E-state index in [2.05, 4.69) is 35.6 Å². The maximum atomic E-state index is 12.6. The van der Waals surface area contributed by atoms with Crippen LogP contribution in [0.15, 0.2) is 66.7 Å². The van der Waals surface area contributed by atoms with E-state index in [1.54, 1.807) is 12.1 Å². The molecular formula is C24H25NO3. The summed E-state index contributed by atoms with van der Waals surface area (Å²) >= 11 is 0. The van der Waals surface area contributed by atoms with Crippen molar-refractivity contribution in [2.24, 2.45) is 0 Å². The van der Waals surface area contributed by atoms with E-state index in [0.29, 0.717) is 12.2 Å². The van der Waals surface area contributed by atoms with E-state index >= 15 is 0 Å². The summed E-state index contributed by atoms with van der Waals surface area (Å²) in [6, 6.07) is 21.7. The van der Waals surface area contributed by atoms with E-state index in [4.69, 9.17) is 9.47 Å². The van der Waals surface area contributed by atoms with Gasteiger partial charge in [-0.1, -0.05) is 36.4 Å². The molecule has 28 heavy (non-hydrogen) atoms. The fourth-order valence-corrected chi connectivity index (χ4v) is 3.51. The lowest BCUT2D eigenvalue weighted by atomic mass is 10.0. The Hall–Kier alpha value is -2.85. The zero-order valence-corrected chi connectivity index (χ0v) is 16.1. The van der Waals surface area contributed by atoms with E-state index < -0.39 is 0 Å². The summed E-state index contributed by atoms with van der Waals surface area (Å²) in [5.74, 6) is 0.668. The first-order chi connectivity index (χ1) is 13.7. The number of benzene rings is 3. The molecule has 0 aromatic heterocycles. The molecule has 2 unspecified atom stereocenters. The SMILES string of the molecule is CC(NC(=O)c1ccc(OCC2CCCO2)cc1)c1ccc2ccccc2c1. The number of rotatable bonds is 6. The monoisotopic (exact) mass is 375 g/mol. The molecular weight excluding hydrogens is 350 g/mol. The van der Waals surface area contributed by atoms with Crippen molar-refractivity contribution in [2.75, 3.05) is 13.2 Å². The molecule has 4 nitrogen and oxygen atoms in total. The number of nitrogens with one attached hydrogen (secondary N) is 1. The van der Waals surface area contributed by atoms with Gasteiger partial charge in [0.05, 0.1) is 12.1 Å². The van der Waals surface area contributed by atoms with Crippen LogP contribution < -0.4 is 10.1 Å². The molecule has 3 aromatic rings. The standard InChI is InChI=1S/C24H25NO3/c1-17(20-9-8-18-5-2-3-6-21(18)15-20)25-24(26)19-10-12-22(13-11-19)28-16-23-7-4-14-27-23/h2-3,5-6,8-13,15,17,23H,4,7,14,16H2,1H3,(H,25,26). The molecule has 0 aliphatic carbocycles. The molecule has 1 aliphatic rings. The predicted molar refractivity (Wildman–Crippen MR) is 111 cm³/mol. The Balaban J connectivity index is 1.36. The van der Waals surface area contributed by atoms with E-state index in [1.165, 1.54) is 10.8 Å². The molecule has 1 heterocycles. The van der Waals surface area contributed by atoms with Crippen molar-refractivity contribution >= 4 is 16.7 Å². The van der Waals surface area contributed by atoms with Gasteiger partial charge in [-0.2, -0.15) is 0 Å². The number of amides is 1. The summed E-state index contributed by atoms with van der Waals surface area (Å²) in [7, 11) is 0. The van der Waals surface area contributed by atoms with Gasteiger partial charge in [-0.3, -0.25) is 4.79 Å². The number of carbonyl (C=O) groups is 1. The summed E-state index contributed by atoms with van der Waals surface area (Å²) in [4.78, 5) is 12.6. The average molecular weight is 375 g/mol. The van der Waals surface area contributed by atoms with E-state index in [0.717, 1.165) is 30.8 Å². The molecule has 4 heteroatoms. The van der Waals surface area contributed by atoms with Gasteiger partial charge in [0.25, 0.3) is 5.91 Å². The van der Waals surface area contributed by atoms with Crippen LogP contribution in [0.25, 0.3) is 10.8 Å². The molecule has 1 N–H and O–H groups in total. The highest BCUT2D eigenvalue weighted by molar-refractivity contribution is 5.94. The number of fused-ring (bicyclic) bond motifs is 1. The van der Waals surface area contributed by atoms with Crippen molar-refractivity contribution in [3.8, 4) is 5.75 Å². The molecule has 1 aliphatic heterocycles. The Kier molecular flexibility index (Phi) is 5.58. The van der Waals surface area contributed by atoms with E-state index in [9.17, 15) is 4.79 Å². The molecule has 0 saturated carbocycles. The first-order valence-corrected chi connectivity index (χ1v) is 9.83. The highest BCUT2D eigenvalue weighted by Gasteiger charge is 2.16. The Bertz CT molecular complexity index is 945. The number of hydrogen-bond donors (Lipinski definition) is 1. The topological polar surface area (TPSA) is 47.6 Å².